The molecule has 6 rings (SSSR count). The van der Waals surface area contributed by atoms with Crippen LogP contribution in [0.2, 0.25) is 0 Å². The summed E-state index contributed by atoms with van der Waals surface area (Å²) in [6.07, 6.45) is 7.84. The summed E-state index contributed by atoms with van der Waals surface area (Å²) in [7, 11) is 0. The van der Waals surface area contributed by atoms with Crippen LogP contribution in [-0.2, 0) is 0 Å². The molecule has 2 N–H and O–H groups in total. The third-order valence-corrected chi connectivity index (χ3v) is 7.20. The molecule has 0 saturated carbocycles. The highest BCUT2D eigenvalue weighted by Gasteiger charge is 2.34. The van der Waals surface area contributed by atoms with Gasteiger partial charge in [-0.1, -0.05) is 0 Å². The standard InChI is InChI=1S/C27H25F3N8O2/c1-3-40-15-10-16(24-17-11-33-35-25(17)36-38(24)14-15)20-12-32-21(13-31-20)37-8-6-27(2,7-9-37)34-26(39)22-18(28)4-5-19(29)23(22)30/h4-5,10-14H,3,6-9H2,1-2H3,(H,34,39)(H,35,36). The van der Waals surface area contributed by atoms with Crippen molar-refractivity contribution >= 4 is 28.3 Å². The molecule has 1 saturated heterocycles. The van der Waals surface area contributed by atoms with Gasteiger partial charge < -0.3 is 15.0 Å². The first-order valence-corrected chi connectivity index (χ1v) is 12.8. The molecule has 0 radical (unpaired) electrons. The molecule has 206 valence electrons. The van der Waals surface area contributed by atoms with Gasteiger partial charge in [-0.15, -0.1) is 5.10 Å². The van der Waals surface area contributed by atoms with Crippen LogP contribution >= 0.6 is 0 Å². The number of aromatic amines is 1. The number of carbonyl (C=O) groups is 1. The lowest BCUT2D eigenvalue weighted by Gasteiger charge is -2.40. The van der Waals surface area contributed by atoms with Crippen LogP contribution in [0.5, 0.6) is 5.75 Å². The monoisotopic (exact) mass is 550 g/mol. The molecule has 13 heteroatoms. The number of anilines is 1. The minimum absolute atomic E-state index is 0.478. The van der Waals surface area contributed by atoms with Gasteiger partial charge in [0.15, 0.2) is 17.3 Å². The van der Waals surface area contributed by atoms with Crippen molar-refractivity contribution in [2.45, 2.75) is 32.2 Å². The van der Waals surface area contributed by atoms with Gasteiger partial charge >= 0.3 is 0 Å². The number of amides is 1. The summed E-state index contributed by atoms with van der Waals surface area (Å²) in [5.74, 6) is -3.57. The predicted octanol–water partition coefficient (Wildman–Crippen LogP) is 4.27. The van der Waals surface area contributed by atoms with Crippen molar-refractivity contribution in [2.75, 3.05) is 24.6 Å². The van der Waals surface area contributed by atoms with Crippen molar-refractivity contribution in [2.24, 2.45) is 0 Å². The lowest BCUT2D eigenvalue weighted by molar-refractivity contribution is 0.0881. The average molecular weight is 551 g/mol. The van der Waals surface area contributed by atoms with E-state index in [4.69, 9.17) is 4.74 Å². The van der Waals surface area contributed by atoms with Gasteiger partial charge in [0.2, 0.25) is 0 Å². The number of nitrogens with one attached hydrogen (secondary N) is 2. The van der Waals surface area contributed by atoms with Crippen molar-refractivity contribution in [3.63, 3.8) is 0 Å². The number of piperidine rings is 1. The third kappa shape index (κ3) is 4.46. The Morgan fingerprint density at radius 3 is 2.62 bits per heavy atom. The minimum atomic E-state index is -1.50. The molecule has 5 heterocycles. The number of halogens is 3. The summed E-state index contributed by atoms with van der Waals surface area (Å²) in [5, 5.41) is 15.0. The quantitative estimate of drug-likeness (QED) is 0.304. The van der Waals surface area contributed by atoms with Crippen molar-refractivity contribution in [3.05, 3.63) is 66.0 Å². The molecule has 1 aromatic carbocycles. The number of benzene rings is 1. The van der Waals surface area contributed by atoms with Gasteiger partial charge in [-0.05, 0) is 44.9 Å². The van der Waals surface area contributed by atoms with Crippen LogP contribution in [0.15, 0.2) is 43.0 Å². The molecule has 0 spiro atoms. The molecule has 5 aromatic rings. The summed E-state index contributed by atoms with van der Waals surface area (Å²) < 4.78 is 49.2. The minimum Gasteiger partial charge on any atom is -0.492 e. The van der Waals surface area contributed by atoms with Gasteiger partial charge in [-0.25, -0.2) is 22.7 Å². The van der Waals surface area contributed by atoms with E-state index < -0.39 is 34.5 Å². The summed E-state index contributed by atoms with van der Waals surface area (Å²) in [5.41, 5.74) is 1.23. The van der Waals surface area contributed by atoms with Crippen molar-refractivity contribution in [3.8, 4) is 17.0 Å². The maximum Gasteiger partial charge on any atom is 0.257 e. The lowest BCUT2D eigenvalue weighted by Crippen LogP contribution is -2.53. The zero-order valence-electron chi connectivity index (χ0n) is 21.7. The molecule has 4 aromatic heterocycles. The maximum absolute atomic E-state index is 14.1. The SMILES string of the molecule is CCOc1cc(-c2cnc(N3CCC(C)(NC(=O)c4c(F)ccc(F)c4F)CC3)cn2)c2c3cn[nH]c3nn2c1. The van der Waals surface area contributed by atoms with Crippen LogP contribution in [0.3, 0.4) is 0 Å². The Balaban J connectivity index is 1.20. The summed E-state index contributed by atoms with van der Waals surface area (Å²) >= 11 is 0. The van der Waals surface area contributed by atoms with Crippen molar-refractivity contribution in [1.29, 1.82) is 0 Å². The third-order valence-electron chi connectivity index (χ3n) is 7.20. The van der Waals surface area contributed by atoms with Gasteiger partial charge in [-0.2, -0.15) is 5.10 Å². The molecule has 0 unspecified atom stereocenters. The topological polar surface area (TPSA) is 113 Å². The molecule has 1 amide bonds. The molecule has 0 atom stereocenters. The van der Waals surface area contributed by atoms with E-state index in [2.05, 4.69) is 30.6 Å². The Hall–Kier alpha value is -4.68. The van der Waals surface area contributed by atoms with E-state index in [1.165, 1.54) is 0 Å². The Labute approximate surface area is 226 Å². The molecular formula is C27H25F3N8O2. The van der Waals surface area contributed by atoms with E-state index in [-0.39, 0.29) is 0 Å². The van der Waals surface area contributed by atoms with Crippen molar-refractivity contribution in [1.82, 2.24) is 35.1 Å². The number of carbonyl (C=O) groups excluding carboxylic acids is 1. The molecule has 1 fully saturated rings. The van der Waals surface area contributed by atoms with Gasteiger partial charge in [0, 0.05) is 24.2 Å². The van der Waals surface area contributed by atoms with E-state index in [9.17, 15) is 18.0 Å². The molecule has 1 aliphatic rings. The fourth-order valence-corrected chi connectivity index (χ4v) is 5.03. The van der Waals surface area contributed by atoms with E-state index in [1.807, 2.05) is 17.9 Å². The Bertz CT molecular complexity index is 1730. The second-order valence-corrected chi connectivity index (χ2v) is 9.93. The number of aromatic nitrogens is 6. The first kappa shape index (κ1) is 25.6. The number of rotatable bonds is 6. The smallest absolute Gasteiger partial charge is 0.257 e. The van der Waals surface area contributed by atoms with Crippen LogP contribution in [0.4, 0.5) is 19.0 Å². The largest absolute Gasteiger partial charge is 0.492 e. The number of H-pyrrole nitrogens is 1. The van der Waals surface area contributed by atoms with Crippen LogP contribution in [0, 0.1) is 17.5 Å². The van der Waals surface area contributed by atoms with Gasteiger partial charge in [0.25, 0.3) is 5.91 Å². The second kappa shape index (κ2) is 9.81. The second-order valence-electron chi connectivity index (χ2n) is 9.93. The predicted molar refractivity (Wildman–Crippen MR) is 141 cm³/mol. The number of ether oxygens (including phenoxy) is 1. The number of fused-ring (bicyclic) bond motifs is 3. The van der Waals surface area contributed by atoms with E-state index in [1.54, 1.807) is 36.2 Å². The number of hydrogen-bond acceptors (Lipinski definition) is 7. The van der Waals surface area contributed by atoms with Crippen LogP contribution < -0.4 is 15.0 Å². The van der Waals surface area contributed by atoms with Crippen LogP contribution in [-0.4, -0.2) is 60.9 Å². The van der Waals surface area contributed by atoms with Crippen LogP contribution in [0.25, 0.3) is 27.8 Å². The molecule has 0 aliphatic carbocycles. The van der Waals surface area contributed by atoms with E-state index in [0.29, 0.717) is 61.5 Å². The highest BCUT2D eigenvalue weighted by atomic mass is 19.2. The van der Waals surface area contributed by atoms with E-state index >= 15 is 0 Å². The summed E-state index contributed by atoms with van der Waals surface area (Å²) in [6.45, 7) is 5.23. The van der Waals surface area contributed by atoms with Gasteiger partial charge in [0.05, 0.1) is 48.0 Å². The highest BCUT2D eigenvalue weighted by Crippen LogP contribution is 2.33. The molecular weight excluding hydrogens is 525 g/mol. The van der Waals surface area contributed by atoms with Crippen LogP contribution in [0.1, 0.15) is 37.0 Å². The maximum atomic E-state index is 14.1. The number of pyridine rings is 1. The summed E-state index contributed by atoms with van der Waals surface area (Å²) in [4.78, 5) is 24.0. The molecule has 1 aliphatic heterocycles. The van der Waals surface area contributed by atoms with E-state index in [0.717, 1.165) is 22.5 Å². The number of nitrogens with zero attached hydrogens (tertiary/aromatic N) is 6. The normalized spacial score (nSPS) is 15.1. The highest BCUT2D eigenvalue weighted by molar-refractivity contribution is 6.00. The zero-order chi connectivity index (χ0) is 28.0. The van der Waals surface area contributed by atoms with Gasteiger partial charge in [0.1, 0.15) is 22.9 Å². The number of hydrogen-bond donors (Lipinski definition) is 2. The fourth-order valence-electron chi connectivity index (χ4n) is 5.03. The molecule has 0 bridgehead atoms. The summed E-state index contributed by atoms with van der Waals surface area (Å²) in [6, 6.07) is 3.29. The molecule has 10 nitrogen and oxygen atoms in total. The lowest BCUT2D eigenvalue weighted by atomic mass is 9.89. The van der Waals surface area contributed by atoms with Gasteiger partial charge in [-0.3, -0.25) is 14.9 Å². The molecule has 40 heavy (non-hydrogen) atoms. The first-order valence-electron chi connectivity index (χ1n) is 12.8. The Kier molecular flexibility index (Phi) is 6.28. The van der Waals surface area contributed by atoms with Crippen molar-refractivity contribution < 1.29 is 22.7 Å². The fraction of sp³-hybridized carbons (Fsp3) is 0.296. The average Bonchev–Trinajstić information content (AvgIpc) is 3.52. The first-order chi connectivity index (χ1) is 19.3. The zero-order valence-corrected chi connectivity index (χ0v) is 21.7. The Morgan fingerprint density at radius 1 is 1.12 bits per heavy atom. The Morgan fingerprint density at radius 2 is 1.90 bits per heavy atom.